The first-order valence-corrected chi connectivity index (χ1v) is 13.5. The lowest BCUT2D eigenvalue weighted by Crippen LogP contribution is -2.08. The molecule has 0 bridgehead atoms. The van der Waals surface area contributed by atoms with Crippen LogP contribution in [0.2, 0.25) is 0 Å². The summed E-state index contributed by atoms with van der Waals surface area (Å²) in [6, 6.07) is 42.4. The zero-order valence-electron chi connectivity index (χ0n) is 23.3. The molecule has 0 saturated heterocycles. The molecule has 6 rings (SSSR count). The Morgan fingerprint density at radius 3 is 1.05 bits per heavy atom. The smallest absolute Gasteiger partial charge is 0.0979 e. The zero-order valence-corrected chi connectivity index (χ0v) is 23.3. The summed E-state index contributed by atoms with van der Waals surface area (Å²) in [5.74, 6) is 0. The van der Waals surface area contributed by atoms with Crippen LogP contribution in [0.15, 0.2) is 121 Å². The molecule has 0 spiro atoms. The maximum atomic E-state index is 5.41. The Morgan fingerprint density at radius 1 is 0.375 bits per heavy atom. The highest BCUT2D eigenvalue weighted by Crippen LogP contribution is 2.39. The lowest BCUT2D eigenvalue weighted by atomic mass is 9.95. The lowest BCUT2D eigenvalue weighted by molar-refractivity contribution is 1.13. The fourth-order valence-corrected chi connectivity index (χ4v) is 5.07. The van der Waals surface area contributed by atoms with E-state index in [9.17, 15) is 0 Å². The van der Waals surface area contributed by atoms with Crippen molar-refractivity contribution < 1.29 is 0 Å². The molecule has 1 heterocycles. The second-order valence-corrected chi connectivity index (χ2v) is 10.4. The Morgan fingerprint density at radius 2 is 0.725 bits per heavy atom. The van der Waals surface area contributed by atoms with Gasteiger partial charge in [0.2, 0.25) is 0 Å². The summed E-state index contributed by atoms with van der Waals surface area (Å²) in [6.07, 6.45) is 0. The van der Waals surface area contributed by atoms with Crippen molar-refractivity contribution in [2.75, 3.05) is 38.0 Å². The Bertz CT molecular complexity index is 1620. The van der Waals surface area contributed by atoms with Gasteiger partial charge in [-0.15, -0.1) is 0 Å². The highest BCUT2D eigenvalue weighted by Gasteiger charge is 2.19. The molecule has 40 heavy (non-hydrogen) atoms. The van der Waals surface area contributed by atoms with E-state index in [0.29, 0.717) is 0 Å². The van der Waals surface area contributed by atoms with Gasteiger partial charge in [-0.05, 0) is 35.4 Å². The molecule has 1 aromatic heterocycles. The molecule has 0 saturated carbocycles. The minimum atomic E-state index is 0.880. The number of fused-ring (bicyclic) bond motifs is 1. The third kappa shape index (κ3) is 4.80. The summed E-state index contributed by atoms with van der Waals surface area (Å²) >= 11 is 0. The van der Waals surface area contributed by atoms with Crippen LogP contribution >= 0.6 is 0 Å². The van der Waals surface area contributed by atoms with E-state index in [1.807, 2.05) is 12.1 Å². The van der Waals surface area contributed by atoms with Crippen molar-refractivity contribution in [3.05, 3.63) is 121 Å². The number of rotatable bonds is 6. The van der Waals surface area contributed by atoms with Gasteiger partial charge < -0.3 is 9.80 Å². The van der Waals surface area contributed by atoms with Crippen LogP contribution in [0.1, 0.15) is 0 Å². The summed E-state index contributed by atoms with van der Waals surface area (Å²) < 4.78 is 0. The van der Waals surface area contributed by atoms with Crippen molar-refractivity contribution in [2.45, 2.75) is 0 Å². The van der Waals surface area contributed by atoms with Gasteiger partial charge in [-0.1, -0.05) is 97.1 Å². The number of anilines is 2. The molecule has 0 atom stereocenters. The molecule has 0 fully saturated rings. The topological polar surface area (TPSA) is 32.3 Å². The van der Waals surface area contributed by atoms with Crippen molar-refractivity contribution >= 4 is 22.4 Å². The molecule has 5 aromatic carbocycles. The Hall–Kier alpha value is -4.96. The van der Waals surface area contributed by atoms with E-state index >= 15 is 0 Å². The SMILES string of the molecule is CN(C)c1ccc(-c2ccc(-c3ccc(N(C)C)cc3)c3nc(-c4ccccc4)c(-c4ccccc4)nc23)cc1. The molecule has 6 aromatic rings. The van der Waals surface area contributed by atoms with E-state index in [4.69, 9.17) is 9.97 Å². The van der Waals surface area contributed by atoms with Gasteiger partial charge in [0.15, 0.2) is 0 Å². The highest BCUT2D eigenvalue weighted by atomic mass is 15.1. The van der Waals surface area contributed by atoms with E-state index in [2.05, 4.69) is 147 Å². The maximum Gasteiger partial charge on any atom is 0.0979 e. The van der Waals surface area contributed by atoms with E-state index in [1.54, 1.807) is 0 Å². The first kappa shape index (κ1) is 25.3. The largest absolute Gasteiger partial charge is 0.378 e. The molecule has 4 heteroatoms. The van der Waals surface area contributed by atoms with Gasteiger partial charge in [0.25, 0.3) is 0 Å². The molecule has 0 amide bonds. The first-order valence-electron chi connectivity index (χ1n) is 13.5. The number of benzene rings is 5. The second-order valence-electron chi connectivity index (χ2n) is 10.4. The average Bonchev–Trinajstić information content (AvgIpc) is 3.01. The van der Waals surface area contributed by atoms with Gasteiger partial charge in [0.1, 0.15) is 0 Å². The van der Waals surface area contributed by atoms with E-state index in [1.165, 1.54) is 0 Å². The highest BCUT2D eigenvalue weighted by molar-refractivity contribution is 6.03. The van der Waals surface area contributed by atoms with E-state index in [0.717, 1.165) is 67.2 Å². The summed E-state index contributed by atoms with van der Waals surface area (Å²) in [5, 5.41) is 0. The van der Waals surface area contributed by atoms with Crippen LogP contribution in [0.25, 0.3) is 55.8 Å². The van der Waals surface area contributed by atoms with Crippen LogP contribution in [-0.2, 0) is 0 Å². The molecular weight excluding hydrogens is 488 g/mol. The van der Waals surface area contributed by atoms with E-state index in [-0.39, 0.29) is 0 Å². The van der Waals surface area contributed by atoms with Crippen molar-refractivity contribution in [2.24, 2.45) is 0 Å². The molecule has 0 radical (unpaired) electrons. The minimum Gasteiger partial charge on any atom is -0.378 e. The summed E-state index contributed by atoms with van der Waals surface area (Å²) in [5.41, 5.74) is 12.3. The molecular formula is C36H32N4. The number of aromatic nitrogens is 2. The molecule has 0 aliphatic rings. The van der Waals surface area contributed by atoms with Crippen molar-refractivity contribution in [3.8, 4) is 44.8 Å². The monoisotopic (exact) mass is 520 g/mol. The number of nitrogens with zero attached hydrogens (tertiary/aromatic N) is 4. The minimum absolute atomic E-state index is 0.880. The maximum absolute atomic E-state index is 5.41. The first-order chi connectivity index (χ1) is 19.5. The van der Waals surface area contributed by atoms with Crippen LogP contribution in [0.3, 0.4) is 0 Å². The fraction of sp³-hybridized carbons (Fsp3) is 0.111. The standard InChI is InChI=1S/C36H32N4/c1-39(2)29-19-15-25(16-20-29)31-23-24-32(26-17-21-30(22-18-26)40(3)4)36-35(31)37-33(27-11-7-5-8-12-27)34(38-36)28-13-9-6-10-14-28/h5-24H,1-4H3. The Labute approximate surface area is 236 Å². The van der Waals surface area contributed by atoms with E-state index < -0.39 is 0 Å². The number of hydrogen-bond acceptors (Lipinski definition) is 4. The predicted octanol–water partition coefficient (Wildman–Crippen LogP) is 8.43. The van der Waals surface area contributed by atoms with Gasteiger partial charge >= 0.3 is 0 Å². The van der Waals surface area contributed by atoms with Crippen molar-refractivity contribution in [1.82, 2.24) is 9.97 Å². The molecule has 0 N–H and O–H groups in total. The van der Waals surface area contributed by atoms with Crippen LogP contribution in [-0.4, -0.2) is 38.2 Å². The predicted molar refractivity (Wildman–Crippen MR) is 170 cm³/mol. The summed E-state index contributed by atoms with van der Waals surface area (Å²) in [6.45, 7) is 0. The van der Waals surface area contributed by atoms with Crippen molar-refractivity contribution in [3.63, 3.8) is 0 Å². The van der Waals surface area contributed by atoms with Crippen LogP contribution in [0, 0.1) is 0 Å². The molecule has 0 aliphatic carbocycles. The number of hydrogen-bond donors (Lipinski definition) is 0. The average molecular weight is 521 g/mol. The second kappa shape index (κ2) is 10.7. The van der Waals surface area contributed by atoms with Crippen LogP contribution in [0.5, 0.6) is 0 Å². The molecule has 0 aliphatic heterocycles. The summed E-state index contributed by atoms with van der Waals surface area (Å²) in [4.78, 5) is 15.0. The molecule has 4 nitrogen and oxygen atoms in total. The Balaban J connectivity index is 1.66. The van der Waals surface area contributed by atoms with Gasteiger partial charge in [-0.25, -0.2) is 9.97 Å². The summed E-state index contributed by atoms with van der Waals surface area (Å²) in [7, 11) is 8.24. The molecule has 0 unspecified atom stereocenters. The van der Waals surface area contributed by atoms with Gasteiger partial charge in [0.05, 0.1) is 22.4 Å². The van der Waals surface area contributed by atoms with Gasteiger partial charge in [0, 0.05) is 61.8 Å². The lowest BCUT2D eigenvalue weighted by Gasteiger charge is -2.17. The van der Waals surface area contributed by atoms with Gasteiger partial charge in [-0.3, -0.25) is 0 Å². The van der Waals surface area contributed by atoms with Gasteiger partial charge in [-0.2, -0.15) is 0 Å². The van der Waals surface area contributed by atoms with Crippen molar-refractivity contribution in [1.29, 1.82) is 0 Å². The molecule has 196 valence electrons. The quantitative estimate of drug-likeness (QED) is 0.221. The zero-order chi connectivity index (χ0) is 27.6. The third-order valence-corrected chi connectivity index (χ3v) is 7.31. The fourth-order valence-electron chi connectivity index (χ4n) is 5.07. The Kier molecular flexibility index (Phi) is 6.75. The normalized spacial score (nSPS) is 11.0. The van der Waals surface area contributed by atoms with Crippen LogP contribution < -0.4 is 9.80 Å². The van der Waals surface area contributed by atoms with Crippen LogP contribution in [0.4, 0.5) is 11.4 Å². The third-order valence-electron chi connectivity index (χ3n) is 7.31.